The second-order valence-corrected chi connectivity index (χ2v) is 6.42. The van der Waals surface area contributed by atoms with Crippen molar-refractivity contribution in [2.75, 3.05) is 6.54 Å². The lowest BCUT2D eigenvalue weighted by Gasteiger charge is -2.12. The third-order valence-electron chi connectivity index (χ3n) is 4.68. The van der Waals surface area contributed by atoms with Crippen LogP contribution in [0, 0.1) is 0 Å². The number of para-hydroxylation sites is 1. The van der Waals surface area contributed by atoms with Crippen molar-refractivity contribution in [2.24, 2.45) is 0 Å². The van der Waals surface area contributed by atoms with Crippen LogP contribution in [0.3, 0.4) is 0 Å². The van der Waals surface area contributed by atoms with Crippen LogP contribution in [0.1, 0.15) is 50.5 Å². The normalized spacial score (nSPS) is 14.7. The Balaban J connectivity index is 1.37. The number of carbonyl (C=O) groups excluding carboxylic acids is 1. The van der Waals surface area contributed by atoms with Gasteiger partial charge in [0, 0.05) is 30.1 Å². The van der Waals surface area contributed by atoms with E-state index < -0.39 is 0 Å². The summed E-state index contributed by atoms with van der Waals surface area (Å²) in [4.78, 5) is 15.2. The highest BCUT2D eigenvalue weighted by molar-refractivity contribution is 5.83. The number of carbonyl (C=O) groups is 1. The van der Waals surface area contributed by atoms with Crippen molar-refractivity contribution in [2.45, 2.75) is 51.4 Å². The van der Waals surface area contributed by atoms with Crippen molar-refractivity contribution < 1.29 is 4.79 Å². The fraction of sp³-hybridized carbons (Fsp3) is 0.450. The van der Waals surface area contributed by atoms with Gasteiger partial charge < -0.3 is 10.3 Å². The van der Waals surface area contributed by atoms with E-state index in [2.05, 4.69) is 40.8 Å². The van der Waals surface area contributed by atoms with E-state index >= 15 is 0 Å². The summed E-state index contributed by atoms with van der Waals surface area (Å²) in [5, 5.41) is 4.33. The number of nitrogens with one attached hydrogen (secondary N) is 2. The van der Waals surface area contributed by atoms with Gasteiger partial charge in [0.05, 0.1) is 0 Å². The molecule has 2 aromatic rings. The predicted molar refractivity (Wildman–Crippen MR) is 95.4 cm³/mol. The number of allylic oxidation sites excluding steroid dienone is 1. The van der Waals surface area contributed by atoms with Gasteiger partial charge in [-0.05, 0) is 56.6 Å². The van der Waals surface area contributed by atoms with Gasteiger partial charge in [-0.2, -0.15) is 0 Å². The highest BCUT2D eigenvalue weighted by Gasteiger charge is 2.07. The lowest BCUT2D eigenvalue weighted by Crippen LogP contribution is -2.24. The zero-order chi connectivity index (χ0) is 15.9. The van der Waals surface area contributed by atoms with Crippen molar-refractivity contribution in [1.29, 1.82) is 0 Å². The van der Waals surface area contributed by atoms with Crippen LogP contribution in [0.25, 0.3) is 10.9 Å². The maximum Gasteiger partial charge on any atom is 0.220 e. The van der Waals surface area contributed by atoms with E-state index in [1.54, 1.807) is 0 Å². The van der Waals surface area contributed by atoms with E-state index in [1.807, 2.05) is 6.07 Å². The molecule has 0 saturated carbocycles. The van der Waals surface area contributed by atoms with Crippen molar-refractivity contribution in [3.05, 3.63) is 47.7 Å². The van der Waals surface area contributed by atoms with Crippen LogP contribution in [0.15, 0.2) is 42.1 Å². The maximum atomic E-state index is 11.9. The zero-order valence-electron chi connectivity index (χ0n) is 13.7. The van der Waals surface area contributed by atoms with Crippen LogP contribution in [0.2, 0.25) is 0 Å². The standard InChI is InChI=1S/C20H26N2O/c23-20(21-14-13-16-7-2-1-3-8-16)12-6-9-17-15-22-19-11-5-4-10-18(17)19/h4-5,7,10-11,15,22H,1-3,6,8-9,12-14H2,(H,21,23). The first-order valence-corrected chi connectivity index (χ1v) is 8.82. The average Bonchev–Trinajstić information content (AvgIpc) is 2.99. The monoisotopic (exact) mass is 310 g/mol. The first-order valence-electron chi connectivity index (χ1n) is 8.82. The number of fused-ring (bicyclic) bond motifs is 1. The highest BCUT2D eigenvalue weighted by Crippen LogP contribution is 2.20. The van der Waals surface area contributed by atoms with Gasteiger partial charge in [0.2, 0.25) is 5.91 Å². The van der Waals surface area contributed by atoms with E-state index in [0.717, 1.165) is 25.8 Å². The summed E-state index contributed by atoms with van der Waals surface area (Å²) in [5.41, 5.74) is 4.00. The Morgan fingerprint density at radius 3 is 2.96 bits per heavy atom. The molecule has 122 valence electrons. The van der Waals surface area contributed by atoms with Gasteiger partial charge in [-0.25, -0.2) is 0 Å². The van der Waals surface area contributed by atoms with E-state index in [4.69, 9.17) is 0 Å². The van der Waals surface area contributed by atoms with Gasteiger partial charge in [0.1, 0.15) is 0 Å². The van der Waals surface area contributed by atoms with E-state index in [9.17, 15) is 4.79 Å². The second-order valence-electron chi connectivity index (χ2n) is 6.42. The number of hydrogen-bond donors (Lipinski definition) is 2. The first kappa shape index (κ1) is 15.9. The SMILES string of the molecule is O=C(CCCc1c[nH]c2ccccc12)NCCC1=CCCCC1. The molecule has 3 nitrogen and oxygen atoms in total. The molecule has 0 bridgehead atoms. The largest absolute Gasteiger partial charge is 0.361 e. The smallest absolute Gasteiger partial charge is 0.220 e. The molecule has 1 aromatic heterocycles. The molecule has 0 saturated heterocycles. The van der Waals surface area contributed by atoms with Crippen LogP contribution in [-0.4, -0.2) is 17.4 Å². The Morgan fingerprint density at radius 2 is 2.09 bits per heavy atom. The molecular formula is C20H26N2O. The Bertz CT molecular complexity index is 684. The van der Waals surface area contributed by atoms with Gasteiger partial charge in [0.15, 0.2) is 0 Å². The topological polar surface area (TPSA) is 44.9 Å². The van der Waals surface area contributed by atoms with Crippen LogP contribution >= 0.6 is 0 Å². The Kier molecular flexibility index (Phi) is 5.51. The summed E-state index contributed by atoms with van der Waals surface area (Å²) in [6, 6.07) is 8.33. The molecule has 2 N–H and O–H groups in total. The molecule has 3 rings (SSSR count). The van der Waals surface area contributed by atoms with Crippen molar-refractivity contribution in [1.82, 2.24) is 10.3 Å². The summed E-state index contributed by atoms with van der Waals surface area (Å²) in [6.45, 7) is 0.789. The average molecular weight is 310 g/mol. The molecule has 23 heavy (non-hydrogen) atoms. The lowest BCUT2D eigenvalue weighted by atomic mass is 9.97. The summed E-state index contributed by atoms with van der Waals surface area (Å²) in [6.07, 6.45) is 13.0. The number of aromatic amines is 1. The van der Waals surface area contributed by atoms with Gasteiger partial charge in [-0.1, -0.05) is 29.8 Å². The molecule has 0 atom stereocenters. The van der Waals surface area contributed by atoms with Crippen molar-refractivity contribution >= 4 is 16.8 Å². The molecule has 1 heterocycles. The molecule has 1 aliphatic carbocycles. The molecule has 1 aromatic carbocycles. The number of H-pyrrole nitrogens is 1. The fourth-order valence-corrected chi connectivity index (χ4v) is 3.36. The molecule has 0 unspecified atom stereocenters. The molecule has 3 heteroatoms. The van der Waals surface area contributed by atoms with Crippen LogP contribution in [0.4, 0.5) is 0 Å². The number of rotatable bonds is 7. The summed E-state index contributed by atoms with van der Waals surface area (Å²) in [5.74, 6) is 0.182. The number of amides is 1. The molecule has 0 aliphatic heterocycles. The van der Waals surface area contributed by atoms with Gasteiger partial charge in [-0.15, -0.1) is 0 Å². The summed E-state index contributed by atoms with van der Waals surface area (Å²) in [7, 11) is 0. The molecule has 0 spiro atoms. The minimum absolute atomic E-state index is 0.182. The van der Waals surface area contributed by atoms with Crippen molar-refractivity contribution in [3.8, 4) is 0 Å². The Morgan fingerprint density at radius 1 is 1.17 bits per heavy atom. The zero-order valence-corrected chi connectivity index (χ0v) is 13.7. The molecular weight excluding hydrogens is 284 g/mol. The van der Waals surface area contributed by atoms with Crippen LogP contribution in [-0.2, 0) is 11.2 Å². The second kappa shape index (κ2) is 8.00. The summed E-state index contributed by atoms with van der Waals surface area (Å²) >= 11 is 0. The lowest BCUT2D eigenvalue weighted by molar-refractivity contribution is -0.121. The molecule has 0 fully saturated rings. The van der Waals surface area contributed by atoms with Crippen LogP contribution in [0.5, 0.6) is 0 Å². The molecule has 0 radical (unpaired) electrons. The van der Waals surface area contributed by atoms with Gasteiger partial charge >= 0.3 is 0 Å². The highest BCUT2D eigenvalue weighted by atomic mass is 16.1. The number of aryl methyl sites for hydroxylation is 1. The van der Waals surface area contributed by atoms with E-state index in [0.29, 0.717) is 6.42 Å². The fourth-order valence-electron chi connectivity index (χ4n) is 3.36. The van der Waals surface area contributed by atoms with Gasteiger partial charge in [0.25, 0.3) is 0 Å². The maximum absolute atomic E-state index is 11.9. The quantitative estimate of drug-likeness (QED) is 0.727. The van der Waals surface area contributed by atoms with Crippen molar-refractivity contribution in [3.63, 3.8) is 0 Å². The number of aromatic nitrogens is 1. The first-order chi connectivity index (χ1) is 11.3. The van der Waals surface area contributed by atoms with E-state index in [1.165, 1.54) is 47.7 Å². The summed E-state index contributed by atoms with van der Waals surface area (Å²) < 4.78 is 0. The molecule has 1 aliphatic rings. The molecule has 1 amide bonds. The van der Waals surface area contributed by atoms with Crippen LogP contribution < -0.4 is 5.32 Å². The number of benzene rings is 1. The minimum Gasteiger partial charge on any atom is -0.361 e. The third kappa shape index (κ3) is 4.47. The minimum atomic E-state index is 0.182. The number of hydrogen-bond acceptors (Lipinski definition) is 1. The predicted octanol–water partition coefficient (Wildman–Crippen LogP) is 4.50. The Hall–Kier alpha value is -2.03. The third-order valence-corrected chi connectivity index (χ3v) is 4.68. The Labute approximate surface area is 138 Å². The van der Waals surface area contributed by atoms with E-state index in [-0.39, 0.29) is 5.91 Å². The van der Waals surface area contributed by atoms with Gasteiger partial charge in [-0.3, -0.25) is 4.79 Å².